The van der Waals surface area contributed by atoms with E-state index < -0.39 is 0 Å². The zero-order valence-electron chi connectivity index (χ0n) is 16.5. The van der Waals surface area contributed by atoms with Crippen molar-refractivity contribution in [3.05, 3.63) is 29.8 Å². The molecular weight excluding hydrogens is 439 g/mol. The molecule has 0 saturated carbocycles. The summed E-state index contributed by atoms with van der Waals surface area (Å²) in [6.45, 7) is 10.5. The van der Waals surface area contributed by atoms with E-state index in [2.05, 4.69) is 35.4 Å². The van der Waals surface area contributed by atoms with E-state index in [1.165, 1.54) is 38.9 Å². The van der Waals surface area contributed by atoms with Crippen LogP contribution in [0, 0.1) is 5.92 Å². The van der Waals surface area contributed by atoms with Crippen LogP contribution >= 0.6 is 24.0 Å². The fraction of sp³-hybridized carbons (Fsp3) is 0.650. The van der Waals surface area contributed by atoms with E-state index in [0.29, 0.717) is 6.54 Å². The fourth-order valence-electron chi connectivity index (χ4n) is 3.31. The number of hydrogen-bond acceptors (Lipinski definition) is 3. The minimum atomic E-state index is 0. The summed E-state index contributed by atoms with van der Waals surface area (Å²) in [4.78, 5) is 7.31. The number of guanidine groups is 1. The number of nitrogens with zero attached hydrogens (tertiary/aromatic N) is 2. The quantitative estimate of drug-likeness (QED) is 0.344. The first-order valence-electron chi connectivity index (χ1n) is 9.63. The molecule has 0 bridgehead atoms. The topological polar surface area (TPSA) is 48.9 Å². The number of nitrogens with one attached hydrogen (secondary N) is 2. The second kappa shape index (κ2) is 13.2. The Labute approximate surface area is 176 Å². The van der Waals surface area contributed by atoms with Crippen LogP contribution in [-0.4, -0.2) is 50.7 Å². The second-order valence-corrected chi connectivity index (χ2v) is 6.67. The van der Waals surface area contributed by atoms with Gasteiger partial charge in [0.1, 0.15) is 5.75 Å². The maximum absolute atomic E-state index is 5.41. The number of para-hydroxylation sites is 1. The van der Waals surface area contributed by atoms with Crippen molar-refractivity contribution >= 4 is 29.9 Å². The molecule has 1 saturated heterocycles. The first-order chi connectivity index (χ1) is 12.3. The first kappa shape index (κ1) is 23.0. The van der Waals surface area contributed by atoms with Gasteiger partial charge in [-0.2, -0.15) is 0 Å². The van der Waals surface area contributed by atoms with Gasteiger partial charge in [-0.1, -0.05) is 25.1 Å². The van der Waals surface area contributed by atoms with E-state index in [9.17, 15) is 0 Å². The highest BCUT2D eigenvalue weighted by Crippen LogP contribution is 2.18. The van der Waals surface area contributed by atoms with Gasteiger partial charge in [0.15, 0.2) is 5.96 Å². The van der Waals surface area contributed by atoms with Gasteiger partial charge in [-0.3, -0.25) is 0 Å². The predicted octanol–water partition coefficient (Wildman–Crippen LogP) is 3.49. The van der Waals surface area contributed by atoms with Crippen molar-refractivity contribution in [3.8, 4) is 5.75 Å². The number of halogens is 1. The highest BCUT2D eigenvalue weighted by molar-refractivity contribution is 14.0. The lowest BCUT2D eigenvalue weighted by Gasteiger charge is -2.32. The molecule has 0 radical (unpaired) electrons. The summed E-state index contributed by atoms with van der Waals surface area (Å²) in [5.41, 5.74) is 1.11. The van der Waals surface area contributed by atoms with Crippen LogP contribution in [0.25, 0.3) is 0 Å². The highest BCUT2D eigenvalue weighted by Gasteiger charge is 2.18. The molecule has 1 fully saturated rings. The van der Waals surface area contributed by atoms with E-state index in [1.807, 2.05) is 18.2 Å². The zero-order chi connectivity index (χ0) is 17.9. The molecule has 0 unspecified atom stereocenters. The second-order valence-electron chi connectivity index (χ2n) is 6.67. The molecule has 0 aliphatic carbocycles. The van der Waals surface area contributed by atoms with Crippen LogP contribution in [0.4, 0.5) is 0 Å². The molecule has 0 spiro atoms. The largest absolute Gasteiger partial charge is 0.496 e. The summed E-state index contributed by atoms with van der Waals surface area (Å²) in [7, 11) is 1.71. The standard InChI is InChI=1S/C20H34N4O.HI/c1-4-12-24-13-10-17(11-14-24)15-22-20(21-5-2)23-16-18-8-6-7-9-19(18)25-3;/h6-9,17H,4-5,10-16H2,1-3H3,(H2,21,22,23);1H. The van der Waals surface area contributed by atoms with Crippen molar-refractivity contribution < 1.29 is 4.74 Å². The van der Waals surface area contributed by atoms with Gasteiger partial charge < -0.3 is 20.3 Å². The number of aliphatic imine (C=N–C) groups is 1. The summed E-state index contributed by atoms with van der Waals surface area (Å²) in [5.74, 6) is 2.53. The summed E-state index contributed by atoms with van der Waals surface area (Å²) in [6, 6.07) is 8.06. The van der Waals surface area contributed by atoms with Crippen molar-refractivity contribution in [2.75, 3.05) is 39.8 Å². The molecule has 5 nitrogen and oxygen atoms in total. The van der Waals surface area contributed by atoms with Gasteiger partial charge in [0.2, 0.25) is 0 Å². The molecule has 1 aliphatic heterocycles. The molecule has 26 heavy (non-hydrogen) atoms. The summed E-state index contributed by atoms with van der Waals surface area (Å²) in [6.07, 6.45) is 3.81. The molecule has 0 aromatic heterocycles. The Balaban J connectivity index is 0.00000338. The van der Waals surface area contributed by atoms with E-state index in [-0.39, 0.29) is 24.0 Å². The average molecular weight is 474 g/mol. The number of benzene rings is 1. The van der Waals surface area contributed by atoms with Crippen molar-refractivity contribution in [1.29, 1.82) is 0 Å². The minimum Gasteiger partial charge on any atom is -0.496 e. The number of methoxy groups -OCH3 is 1. The van der Waals surface area contributed by atoms with Crippen LogP contribution in [0.5, 0.6) is 5.75 Å². The maximum Gasteiger partial charge on any atom is 0.191 e. The summed E-state index contributed by atoms with van der Waals surface area (Å²) in [5, 5.41) is 6.87. The Morgan fingerprint density at radius 3 is 2.58 bits per heavy atom. The third-order valence-electron chi connectivity index (χ3n) is 4.75. The third-order valence-corrected chi connectivity index (χ3v) is 4.75. The Kier molecular flexibility index (Phi) is 11.7. The van der Waals surface area contributed by atoms with E-state index >= 15 is 0 Å². The zero-order valence-corrected chi connectivity index (χ0v) is 18.8. The molecule has 2 rings (SSSR count). The number of ether oxygens (including phenoxy) is 1. The molecule has 148 valence electrons. The van der Waals surface area contributed by atoms with Crippen LogP contribution in [0.1, 0.15) is 38.7 Å². The van der Waals surface area contributed by atoms with Gasteiger partial charge in [-0.05, 0) is 57.8 Å². The van der Waals surface area contributed by atoms with Crippen LogP contribution in [0.3, 0.4) is 0 Å². The van der Waals surface area contributed by atoms with Crippen LogP contribution < -0.4 is 15.4 Å². The average Bonchev–Trinajstić information content (AvgIpc) is 2.65. The predicted molar refractivity (Wildman–Crippen MR) is 121 cm³/mol. The molecular formula is C20H35IN4O. The lowest BCUT2D eigenvalue weighted by Crippen LogP contribution is -2.43. The Morgan fingerprint density at radius 2 is 1.92 bits per heavy atom. The Bertz CT molecular complexity index is 530. The Morgan fingerprint density at radius 1 is 1.19 bits per heavy atom. The first-order valence-corrected chi connectivity index (χ1v) is 9.63. The van der Waals surface area contributed by atoms with E-state index in [1.54, 1.807) is 7.11 Å². The molecule has 1 aliphatic rings. The van der Waals surface area contributed by atoms with Crippen molar-refractivity contribution in [2.24, 2.45) is 10.9 Å². The SMILES string of the molecule is CCCN1CCC(CNC(=NCc2ccccc2OC)NCC)CC1.I. The maximum atomic E-state index is 5.41. The van der Waals surface area contributed by atoms with E-state index in [0.717, 1.165) is 36.3 Å². The molecule has 6 heteroatoms. The van der Waals surface area contributed by atoms with Gasteiger partial charge in [0, 0.05) is 18.7 Å². The lowest BCUT2D eigenvalue weighted by atomic mass is 9.97. The molecule has 1 aromatic carbocycles. The third kappa shape index (κ3) is 7.70. The molecule has 2 N–H and O–H groups in total. The normalized spacial score (nSPS) is 16.0. The summed E-state index contributed by atoms with van der Waals surface area (Å²) >= 11 is 0. The molecule has 0 amide bonds. The number of rotatable bonds is 8. The Hall–Kier alpha value is -1.02. The van der Waals surface area contributed by atoms with Gasteiger partial charge in [-0.15, -0.1) is 24.0 Å². The van der Waals surface area contributed by atoms with E-state index in [4.69, 9.17) is 9.73 Å². The van der Waals surface area contributed by atoms with Crippen molar-refractivity contribution in [3.63, 3.8) is 0 Å². The molecule has 1 aromatic rings. The molecule has 1 heterocycles. The van der Waals surface area contributed by atoms with Crippen LogP contribution in [0.2, 0.25) is 0 Å². The lowest BCUT2D eigenvalue weighted by molar-refractivity contribution is 0.185. The van der Waals surface area contributed by atoms with Crippen LogP contribution in [0.15, 0.2) is 29.3 Å². The smallest absolute Gasteiger partial charge is 0.191 e. The van der Waals surface area contributed by atoms with Gasteiger partial charge >= 0.3 is 0 Å². The highest BCUT2D eigenvalue weighted by atomic mass is 127. The number of piperidine rings is 1. The minimum absolute atomic E-state index is 0. The van der Waals surface area contributed by atoms with Crippen LogP contribution in [-0.2, 0) is 6.54 Å². The van der Waals surface area contributed by atoms with Gasteiger partial charge in [-0.25, -0.2) is 4.99 Å². The van der Waals surface area contributed by atoms with Crippen molar-refractivity contribution in [1.82, 2.24) is 15.5 Å². The number of hydrogen-bond donors (Lipinski definition) is 2. The molecule has 0 atom stereocenters. The monoisotopic (exact) mass is 474 g/mol. The van der Waals surface area contributed by atoms with Gasteiger partial charge in [0.05, 0.1) is 13.7 Å². The fourth-order valence-corrected chi connectivity index (χ4v) is 3.31. The number of likely N-dealkylation sites (tertiary alicyclic amines) is 1. The van der Waals surface area contributed by atoms with Crippen molar-refractivity contribution in [2.45, 2.75) is 39.7 Å². The van der Waals surface area contributed by atoms with Gasteiger partial charge in [0.25, 0.3) is 0 Å². The summed E-state index contributed by atoms with van der Waals surface area (Å²) < 4.78 is 5.41.